The Labute approximate surface area is 176 Å². The van der Waals surface area contributed by atoms with Gasteiger partial charge in [-0.2, -0.15) is 0 Å². The third-order valence-corrected chi connectivity index (χ3v) is 5.60. The molecule has 0 saturated carbocycles. The summed E-state index contributed by atoms with van der Waals surface area (Å²) in [4.78, 5) is 21.1. The van der Waals surface area contributed by atoms with Crippen molar-refractivity contribution >= 4 is 5.91 Å². The molecule has 7 heteroatoms. The summed E-state index contributed by atoms with van der Waals surface area (Å²) in [7, 11) is 1.86. The summed E-state index contributed by atoms with van der Waals surface area (Å²) in [6, 6.07) is 9.44. The van der Waals surface area contributed by atoms with Crippen LogP contribution in [-0.2, 0) is 11.2 Å². The van der Waals surface area contributed by atoms with Crippen molar-refractivity contribution in [3.8, 4) is 5.75 Å². The van der Waals surface area contributed by atoms with Gasteiger partial charge in [-0.15, -0.1) is 0 Å². The first-order valence-corrected chi connectivity index (χ1v) is 10.5. The first kappa shape index (κ1) is 22.2. The number of amides is 1. The van der Waals surface area contributed by atoms with Crippen LogP contribution in [0.2, 0.25) is 0 Å². The minimum atomic E-state index is -0.728. The first-order valence-electron chi connectivity index (χ1n) is 10.5. The summed E-state index contributed by atoms with van der Waals surface area (Å²) in [5.74, 6) is -1.28. The van der Waals surface area contributed by atoms with E-state index >= 15 is 0 Å². The summed E-state index contributed by atoms with van der Waals surface area (Å²) < 4.78 is 31.8. The Bertz CT molecular complexity index is 811. The first-order chi connectivity index (χ1) is 14.5. The van der Waals surface area contributed by atoms with Crippen molar-refractivity contribution in [3.63, 3.8) is 0 Å². The predicted molar refractivity (Wildman–Crippen MR) is 111 cm³/mol. The van der Waals surface area contributed by atoms with Gasteiger partial charge in [0.15, 0.2) is 11.6 Å². The number of benzene rings is 1. The van der Waals surface area contributed by atoms with Crippen LogP contribution in [0, 0.1) is 11.6 Å². The highest BCUT2D eigenvalue weighted by Crippen LogP contribution is 2.19. The predicted octanol–water partition coefficient (Wildman–Crippen LogP) is 3.68. The maximum absolute atomic E-state index is 13.5. The van der Waals surface area contributed by atoms with Gasteiger partial charge < -0.3 is 14.5 Å². The molecule has 0 N–H and O–H groups in total. The van der Waals surface area contributed by atoms with Gasteiger partial charge in [0, 0.05) is 63.5 Å². The number of ether oxygens (including phenoxy) is 1. The normalized spacial score (nSPS) is 15.2. The molecule has 0 aliphatic carbocycles. The van der Waals surface area contributed by atoms with Crippen LogP contribution in [0.5, 0.6) is 5.75 Å². The number of piperidine rings is 1. The number of halogens is 2. The van der Waals surface area contributed by atoms with E-state index in [1.54, 1.807) is 0 Å². The second-order valence-corrected chi connectivity index (χ2v) is 7.68. The van der Waals surface area contributed by atoms with E-state index in [2.05, 4.69) is 9.88 Å². The van der Waals surface area contributed by atoms with Crippen molar-refractivity contribution in [2.45, 2.75) is 38.1 Å². The fourth-order valence-electron chi connectivity index (χ4n) is 3.73. The zero-order valence-electron chi connectivity index (χ0n) is 17.4. The quantitative estimate of drug-likeness (QED) is 0.584. The van der Waals surface area contributed by atoms with Gasteiger partial charge in [-0.25, -0.2) is 8.78 Å². The van der Waals surface area contributed by atoms with Gasteiger partial charge in [0.1, 0.15) is 5.82 Å². The van der Waals surface area contributed by atoms with E-state index in [1.807, 2.05) is 36.3 Å². The second-order valence-electron chi connectivity index (χ2n) is 7.68. The molecule has 1 amide bonds. The van der Waals surface area contributed by atoms with Gasteiger partial charge in [0.25, 0.3) is 0 Å². The van der Waals surface area contributed by atoms with Crippen LogP contribution in [-0.4, -0.2) is 60.0 Å². The average molecular weight is 418 g/mol. The fraction of sp³-hybridized carbons (Fsp3) is 0.478. The molecule has 1 aromatic heterocycles. The Kier molecular flexibility index (Phi) is 8.13. The lowest BCUT2D eigenvalue weighted by atomic mass is 10.0. The largest absolute Gasteiger partial charge is 0.491 e. The standard InChI is InChI=1S/C23H29F2N3O2/c1-27(23(29)6-4-16-30-22-8-7-18(24)17-21(22)25)20-10-14-28(15-11-20)13-9-19-5-2-3-12-26-19/h2-3,5,7-8,12,17,20H,4,6,9-11,13-16H2,1H3. The van der Waals surface area contributed by atoms with Gasteiger partial charge >= 0.3 is 0 Å². The van der Waals surface area contributed by atoms with Crippen molar-refractivity contribution in [1.82, 2.24) is 14.8 Å². The number of hydrogen-bond donors (Lipinski definition) is 0. The van der Waals surface area contributed by atoms with Crippen molar-refractivity contribution in [3.05, 3.63) is 59.9 Å². The van der Waals surface area contributed by atoms with E-state index < -0.39 is 11.6 Å². The number of likely N-dealkylation sites (tertiary alicyclic amines) is 1. The number of pyridine rings is 1. The van der Waals surface area contributed by atoms with E-state index in [0.717, 1.165) is 56.7 Å². The lowest BCUT2D eigenvalue weighted by Crippen LogP contribution is -2.46. The summed E-state index contributed by atoms with van der Waals surface area (Å²) >= 11 is 0. The highest BCUT2D eigenvalue weighted by Gasteiger charge is 2.25. The Balaban J connectivity index is 1.33. The molecule has 0 bridgehead atoms. The minimum Gasteiger partial charge on any atom is -0.491 e. The third-order valence-electron chi connectivity index (χ3n) is 5.60. The Morgan fingerprint density at radius 1 is 1.23 bits per heavy atom. The average Bonchev–Trinajstić information content (AvgIpc) is 2.77. The second kappa shape index (κ2) is 11.0. The van der Waals surface area contributed by atoms with Gasteiger partial charge in [0.05, 0.1) is 6.61 Å². The van der Waals surface area contributed by atoms with E-state index in [4.69, 9.17) is 4.74 Å². The fourth-order valence-corrected chi connectivity index (χ4v) is 3.73. The van der Waals surface area contributed by atoms with Gasteiger partial charge in [-0.1, -0.05) is 6.07 Å². The topological polar surface area (TPSA) is 45.7 Å². The highest BCUT2D eigenvalue weighted by atomic mass is 19.1. The third kappa shape index (κ3) is 6.49. The Morgan fingerprint density at radius 3 is 2.73 bits per heavy atom. The van der Waals surface area contributed by atoms with Crippen molar-refractivity contribution in [1.29, 1.82) is 0 Å². The zero-order chi connectivity index (χ0) is 21.3. The molecule has 0 spiro atoms. The molecular formula is C23H29F2N3O2. The van der Waals surface area contributed by atoms with Crippen molar-refractivity contribution in [2.24, 2.45) is 0 Å². The van der Waals surface area contributed by atoms with E-state index in [0.29, 0.717) is 12.8 Å². The lowest BCUT2D eigenvalue weighted by Gasteiger charge is -2.36. The molecule has 162 valence electrons. The summed E-state index contributed by atoms with van der Waals surface area (Å²) in [5.41, 5.74) is 1.11. The molecule has 1 fully saturated rings. The molecule has 3 rings (SSSR count). The lowest BCUT2D eigenvalue weighted by molar-refractivity contribution is -0.133. The van der Waals surface area contributed by atoms with Crippen LogP contribution in [0.3, 0.4) is 0 Å². The zero-order valence-corrected chi connectivity index (χ0v) is 17.4. The molecule has 1 aliphatic heterocycles. The molecule has 1 aliphatic rings. The molecule has 1 aromatic carbocycles. The number of rotatable bonds is 9. The summed E-state index contributed by atoms with van der Waals surface area (Å²) in [5, 5.41) is 0. The van der Waals surface area contributed by atoms with Crippen LogP contribution in [0.25, 0.3) is 0 Å². The van der Waals surface area contributed by atoms with Crippen LogP contribution in [0.1, 0.15) is 31.4 Å². The van der Waals surface area contributed by atoms with E-state index in [1.165, 1.54) is 6.07 Å². The van der Waals surface area contributed by atoms with Gasteiger partial charge in [-0.3, -0.25) is 9.78 Å². The molecule has 0 radical (unpaired) electrons. The molecule has 30 heavy (non-hydrogen) atoms. The molecule has 0 unspecified atom stereocenters. The van der Waals surface area contributed by atoms with Crippen molar-refractivity contribution in [2.75, 3.05) is 33.3 Å². The van der Waals surface area contributed by atoms with Crippen LogP contribution < -0.4 is 4.74 Å². The molecule has 5 nitrogen and oxygen atoms in total. The molecule has 2 heterocycles. The number of carbonyl (C=O) groups is 1. The number of nitrogens with zero attached hydrogens (tertiary/aromatic N) is 3. The summed E-state index contributed by atoms with van der Waals surface area (Å²) in [6.45, 7) is 3.15. The summed E-state index contributed by atoms with van der Waals surface area (Å²) in [6.07, 6.45) is 5.52. The van der Waals surface area contributed by atoms with Crippen LogP contribution >= 0.6 is 0 Å². The molecule has 1 saturated heterocycles. The number of aromatic nitrogens is 1. The SMILES string of the molecule is CN(C(=O)CCCOc1ccc(F)cc1F)C1CCN(CCc2ccccn2)CC1. The maximum atomic E-state index is 13.5. The molecule has 0 atom stereocenters. The minimum absolute atomic E-state index is 0.00952. The Morgan fingerprint density at radius 2 is 2.03 bits per heavy atom. The number of carbonyl (C=O) groups excluding carboxylic acids is 1. The number of hydrogen-bond acceptors (Lipinski definition) is 4. The Hall–Kier alpha value is -2.54. The van der Waals surface area contributed by atoms with E-state index in [9.17, 15) is 13.6 Å². The van der Waals surface area contributed by atoms with Crippen LogP contribution in [0.15, 0.2) is 42.6 Å². The monoisotopic (exact) mass is 417 g/mol. The van der Waals surface area contributed by atoms with E-state index in [-0.39, 0.29) is 24.3 Å². The smallest absolute Gasteiger partial charge is 0.222 e. The molecular weight excluding hydrogens is 388 g/mol. The highest BCUT2D eigenvalue weighted by molar-refractivity contribution is 5.76. The van der Waals surface area contributed by atoms with Gasteiger partial charge in [0.2, 0.25) is 5.91 Å². The van der Waals surface area contributed by atoms with Crippen LogP contribution in [0.4, 0.5) is 8.78 Å². The maximum Gasteiger partial charge on any atom is 0.222 e. The van der Waals surface area contributed by atoms with Crippen molar-refractivity contribution < 1.29 is 18.3 Å². The molecule has 2 aromatic rings. The van der Waals surface area contributed by atoms with Gasteiger partial charge in [-0.05, 0) is 43.5 Å².